The van der Waals surface area contributed by atoms with Crippen LogP contribution in [0.5, 0.6) is 0 Å². The number of rotatable bonds is 3. The average molecular weight is 370 g/mol. The van der Waals surface area contributed by atoms with Crippen molar-refractivity contribution in [2.75, 3.05) is 0 Å². The van der Waals surface area contributed by atoms with Gasteiger partial charge in [-0.2, -0.15) is 5.10 Å². The standard InChI is InChI=1S/C13H11IN2OS/c1-9-6-7-18-12(9)8-15-16-13(17)10-2-4-11(14)5-3-10/h2-8H,1H3,(H,16,17)/b15-8+. The number of aryl methyl sites for hydroxylation is 1. The summed E-state index contributed by atoms with van der Waals surface area (Å²) in [5, 5.41) is 5.96. The Morgan fingerprint density at radius 3 is 2.67 bits per heavy atom. The number of nitrogens with zero attached hydrogens (tertiary/aromatic N) is 1. The van der Waals surface area contributed by atoms with Crippen molar-refractivity contribution in [2.24, 2.45) is 5.10 Å². The molecule has 1 N–H and O–H groups in total. The molecule has 0 aliphatic heterocycles. The molecule has 92 valence electrons. The molecule has 3 nitrogen and oxygen atoms in total. The lowest BCUT2D eigenvalue weighted by molar-refractivity contribution is 0.0955. The Morgan fingerprint density at radius 1 is 1.33 bits per heavy atom. The van der Waals surface area contributed by atoms with E-state index in [1.165, 1.54) is 0 Å². The van der Waals surface area contributed by atoms with Gasteiger partial charge in [0.15, 0.2) is 0 Å². The largest absolute Gasteiger partial charge is 0.271 e. The Balaban J connectivity index is 1.98. The zero-order chi connectivity index (χ0) is 13.0. The summed E-state index contributed by atoms with van der Waals surface area (Å²) < 4.78 is 1.10. The highest BCUT2D eigenvalue weighted by atomic mass is 127. The first-order valence-electron chi connectivity index (χ1n) is 5.30. The second-order valence-electron chi connectivity index (χ2n) is 3.67. The summed E-state index contributed by atoms with van der Waals surface area (Å²) in [5.41, 5.74) is 4.29. The minimum atomic E-state index is -0.197. The van der Waals surface area contributed by atoms with Crippen LogP contribution in [0.15, 0.2) is 40.8 Å². The van der Waals surface area contributed by atoms with Crippen LogP contribution >= 0.6 is 33.9 Å². The molecule has 0 bridgehead atoms. The topological polar surface area (TPSA) is 41.5 Å². The van der Waals surface area contributed by atoms with Gasteiger partial charge in [0.05, 0.1) is 6.21 Å². The molecule has 1 amide bonds. The zero-order valence-electron chi connectivity index (χ0n) is 9.68. The third-order valence-electron chi connectivity index (χ3n) is 2.36. The summed E-state index contributed by atoms with van der Waals surface area (Å²) in [6.07, 6.45) is 1.67. The second kappa shape index (κ2) is 6.10. The van der Waals surface area contributed by atoms with E-state index < -0.39 is 0 Å². The van der Waals surface area contributed by atoms with E-state index >= 15 is 0 Å². The molecule has 0 unspecified atom stereocenters. The fourth-order valence-electron chi connectivity index (χ4n) is 1.33. The number of nitrogens with one attached hydrogen (secondary N) is 1. The first kappa shape index (κ1) is 13.2. The molecule has 0 spiro atoms. The van der Waals surface area contributed by atoms with E-state index in [2.05, 4.69) is 33.1 Å². The van der Waals surface area contributed by atoms with E-state index in [1.54, 1.807) is 29.7 Å². The van der Waals surface area contributed by atoms with Crippen LogP contribution in [0.25, 0.3) is 0 Å². The quantitative estimate of drug-likeness (QED) is 0.502. The van der Waals surface area contributed by atoms with E-state index in [-0.39, 0.29) is 5.91 Å². The van der Waals surface area contributed by atoms with E-state index in [4.69, 9.17) is 0 Å². The van der Waals surface area contributed by atoms with Gasteiger partial charge in [0, 0.05) is 14.0 Å². The summed E-state index contributed by atoms with van der Waals surface area (Å²) in [5.74, 6) is -0.197. The van der Waals surface area contributed by atoms with Crippen molar-refractivity contribution < 1.29 is 4.79 Å². The molecule has 1 aromatic heterocycles. The molecule has 18 heavy (non-hydrogen) atoms. The van der Waals surface area contributed by atoms with Crippen LogP contribution in [0.1, 0.15) is 20.8 Å². The highest BCUT2D eigenvalue weighted by Gasteiger charge is 2.03. The van der Waals surface area contributed by atoms with Crippen molar-refractivity contribution in [2.45, 2.75) is 6.92 Å². The predicted molar refractivity (Wildman–Crippen MR) is 83.3 cm³/mol. The summed E-state index contributed by atoms with van der Waals surface area (Å²) in [4.78, 5) is 12.8. The predicted octanol–water partition coefficient (Wildman–Crippen LogP) is 3.43. The van der Waals surface area contributed by atoms with Crippen molar-refractivity contribution >= 4 is 46.0 Å². The van der Waals surface area contributed by atoms with Crippen molar-refractivity contribution in [3.8, 4) is 0 Å². The lowest BCUT2D eigenvalue weighted by atomic mass is 10.2. The van der Waals surface area contributed by atoms with Crippen molar-refractivity contribution in [3.05, 3.63) is 55.3 Å². The number of carbonyl (C=O) groups is 1. The Kier molecular flexibility index (Phi) is 4.48. The number of carbonyl (C=O) groups excluding carboxylic acids is 1. The smallest absolute Gasteiger partial charge is 0.267 e. The lowest BCUT2D eigenvalue weighted by Gasteiger charge is -1.99. The third-order valence-corrected chi connectivity index (χ3v) is 4.03. The minimum Gasteiger partial charge on any atom is -0.267 e. The van der Waals surface area contributed by atoms with Gasteiger partial charge < -0.3 is 0 Å². The Morgan fingerprint density at radius 2 is 2.06 bits per heavy atom. The van der Waals surface area contributed by atoms with Gasteiger partial charge in [-0.15, -0.1) is 11.3 Å². The second-order valence-corrected chi connectivity index (χ2v) is 5.87. The monoisotopic (exact) mass is 370 g/mol. The van der Waals surface area contributed by atoms with Crippen LogP contribution in [0, 0.1) is 10.5 Å². The molecule has 0 aliphatic carbocycles. The van der Waals surface area contributed by atoms with Gasteiger partial charge in [-0.3, -0.25) is 4.79 Å². The van der Waals surface area contributed by atoms with Crippen molar-refractivity contribution in [3.63, 3.8) is 0 Å². The Hall–Kier alpha value is -1.21. The molecule has 2 aromatic rings. The maximum atomic E-state index is 11.7. The van der Waals surface area contributed by atoms with Gasteiger partial charge in [0.25, 0.3) is 5.91 Å². The number of halogens is 1. The van der Waals surface area contributed by atoms with Crippen LogP contribution in [-0.2, 0) is 0 Å². The number of hydrogen-bond acceptors (Lipinski definition) is 3. The van der Waals surface area contributed by atoms with Crippen LogP contribution in [-0.4, -0.2) is 12.1 Å². The van der Waals surface area contributed by atoms with Crippen LogP contribution < -0.4 is 5.43 Å². The lowest BCUT2D eigenvalue weighted by Crippen LogP contribution is -2.17. The van der Waals surface area contributed by atoms with Gasteiger partial charge in [-0.1, -0.05) is 0 Å². The van der Waals surface area contributed by atoms with E-state index in [0.717, 1.165) is 14.0 Å². The fraction of sp³-hybridized carbons (Fsp3) is 0.0769. The fourth-order valence-corrected chi connectivity index (χ4v) is 2.48. The minimum absolute atomic E-state index is 0.197. The van der Waals surface area contributed by atoms with E-state index in [9.17, 15) is 4.79 Å². The molecule has 2 rings (SSSR count). The summed E-state index contributed by atoms with van der Waals surface area (Å²) in [6.45, 7) is 2.01. The normalized spacial score (nSPS) is 10.8. The van der Waals surface area contributed by atoms with E-state index in [0.29, 0.717) is 5.56 Å². The summed E-state index contributed by atoms with van der Waals surface area (Å²) in [6, 6.07) is 9.37. The number of hydrazone groups is 1. The van der Waals surface area contributed by atoms with Crippen LogP contribution in [0.4, 0.5) is 0 Å². The first-order chi connectivity index (χ1) is 8.66. The van der Waals surface area contributed by atoms with Crippen molar-refractivity contribution in [1.82, 2.24) is 5.43 Å². The molecule has 5 heteroatoms. The first-order valence-corrected chi connectivity index (χ1v) is 7.26. The Labute approximate surface area is 123 Å². The molecule has 0 saturated heterocycles. The molecule has 0 radical (unpaired) electrons. The summed E-state index contributed by atoms with van der Waals surface area (Å²) >= 11 is 3.80. The molecule has 0 atom stereocenters. The molecule has 0 saturated carbocycles. The molecular weight excluding hydrogens is 359 g/mol. The maximum absolute atomic E-state index is 11.7. The molecule has 0 fully saturated rings. The van der Waals surface area contributed by atoms with Crippen molar-refractivity contribution in [1.29, 1.82) is 0 Å². The maximum Gasteiger partial charge on any atom is 0.271 e. The highest BCUT2D eigenvalue weighted by Crippen LogP contribution is 2.12. The van der Waals surface area contributed by atoms with Gasteiger partial charge in [-0.05, 0) is 70.8 Å². The average Bonchev–Trinajstić information content (AvgIpc) is 2.76. The van der Waals surface area contributed by atoms with Gasteiger partial charge >= 0.3 is 0 Å². The van der Waals surface area contributed by atoms with Crippen LogP contribution in [0.3, 0.4) is 0 Å². The SMILES string of the molecule is Cc1ccsc1/C=N/NC(=O)c1ccc(I)cc1. The third kappa shape index (κ3) is 3.39. The number of benzene rings is 1. The van der Waals surface area contributed by atoms with Crippen LogP contribution in [0.2, 0.25) is 0 Å². The molecular formula is C13H11IN2OS. The Bertz CT molecular complexity index is 575. The van der Waals surface area contributed by atoms with Gasteiger partial charge in [0.1, 0.15) is 0 Å². The van der Waals surface area contributed by atoms with E-state index in [1.807, 2.05) is 30.5 Å². The summed E-state index contributed by atoms with van der Waals surface area (Å²) in [7, 11) is 0. The molecule has 1 heterocycles. The zero-order valence-corrected chi connectivity index (χ0v) is 12.7. The highest BCUT2D eigenvalue weighted by molar-refractivity contribution is 14.1. The number of amides is 1. The van der Waals surface area contributed by atoms with Gasteiger partial charge in [0.2, 0.25) is 0 Å². The van der Waals surface area contributed by atoms with Gasteiger partial charge in [-0.25, -0.2) is 5.43 Å². The molecule has 0 aliphatic rings. The number of thiophene rings is 1. The number of hydrogen-bond donors (Lipinski definition) is 1. The molecule has 1 aromatic carbocycles.